The molecule has 1 aromatic rings. The van der Waals surface area contributed by atoms with Gasteiger partial charge in [-0.3, -0.25) is 29.0 Å². The number of nitrogens with one attached hydrogen (secondary N) is 2. The summed E-state index contributed by atoms with van der Waals surface area (Å²) < 4.78 is 23.3. The molecule has 194 valence electrons. The zero-order valence-electron chi connectivity index (χ0n) is 19.4. The van der Waals surface area contributed by atoms with Gasteiger partial charge in [-0.2, -0.15) is 0 Å². The number of rotatable bonds is 8. The van der Waals surface area contributed by atoms with Crippen molar-refractivity contribution in [3.63, 3.8) is 0 Å². The Hall–Kier alpha value is -3.81. The molecule has 0 aliphatic carbocycles. The second-order valence-corrected chi connectivity index (χ2v) is 10.6. The van der Waals surface area contributed by atoms with Crippen LogP contribution in [0, 0.1) is 0 Å². The molecule has 1 aromatic carbocycles. The van der Waals surface area contributed by atoms with E-state index in [-0.39, 0.29) is 42.6 Å². The number of carbonyl (C=O) groups is 6. The fourth-order valence-electron chi connectivity index (χ4n) is 4.10. The number of nitrogens with zero attached hydrogens (tertiary/aromatic N) is 2. The van der Waals surface area contributed by atoms with Crippen molar-refractivity contribution in [2.24, 2.45) is 0 Å². The first-order valence-corrected chi connectivity index (χ1v) is 13.0. The first-order valence-electron chi connectivity index (χ1n) is 11.1. The summed E-state index contributed by atoms with van der Waals surface area (Å²) in [7, 11) is -3.47. The molecule has 2 aliphatic heterocycles. The zero-order valence-corrected chi connectivity index (χ0v) is 20.2. The molecule has 2 aliphatic rings. The first-order chi connectivity index (χ1) is 16.9. The van der Waals surface area contributed by atoms with E-state index < -0.39 is 64.0 Å². The standard InChI is InChI=1S/C22H26N4O9S/c1-36(34,35)15-6-4-13(5-7-15)20(31)24-16-8-9-18(28)25-10-2-3-17(26(25)22(16)33)21(32)23-14(12-27)11-19(29)30/h4-7,12,14,16-17H,2-3,8-11H2,1H3,(H,23,32)(H,24,31)(H,29,30)/t14-,16-,17-/m0/s1. The van der Waals surface area contributed by atoms with Gasteiger partial charge in [0.05, 0.1) is 17.4 Å². The maximum atomic E-state index is 13.4. The minimum absolute atomic E-state index is 0.0181. The summed E-state index contributed by atoms with van der Waals surface area (Å²) in [6.45, 7) is 0.175. The summed E-state index contributed by atoms with van der Waals surface area (Å²) in [5.74, 6) is -3.89. The van der Waals surface area contributed by atoms with E-state index in [1.165, 1.54) is 24.3 Å². The predicted octanol–water partition coefficient (Wildman–Crippen LogP) is -1.12. The molecule has 0 bridgehead atoms. The lowest BCUT2D eigenvalue weighted by atomic mass is 10.0. The Morgan fingerprint density at radius 1 is 1.17 bits per heavy atom. The van der Waals surface area contributed by atoms with Crippen LogP contribution >= 0.6 is 0 Å². The number of hydrogen-bond donors (Lipinski definition) is 3. The highest BCUT2D eigenvalue weighted by Crippen LogP contribution is 2.25. The third-order valence-corrected chi connectivity index (χ3v) is 7.03. The second-order valence-electron chi connectivity index (χ2n) is 8.57. The number of fused-ring (bicyclic) bond motifs is 1. The largest absolute Gasteiger partial charge is 0.481 e. The van der Waals surface area contributed by atoms with Crippen molar-refractivity contribution in [3.8, 4) is 0 Å². The molecular formula is C22H26N4O9S. The van der Waals surface area contributed by atoms with E-state index >= 15 is 0 Å². The summed E-state index contributed by atoms with van der Waals surface area (Å²) in [5, 5.41) is 15.9. The number of sulfone groups is 1. The average Bonchev–Trinajstić information content (AvgIpc) is 2.94. The quantitative estimate of drug-likeness (QED) is 0.355. The summed E-state index contributed by atoms with van der Waals surface area (Å²) in [6.07, 6.45) is 1.11. The van der Waals surface area contributed by atoms with E-state index in [9.17, 15) is 37.2 Å². The SMILES string of the molecule is CS(=O)(=O)c1ccc(C(=O)N[C@H]2CCC(=O)N3CCC[C@@H](C(=O)N[C@H](C=O)CC(=O)O)N3C2=O)cc1. The number of carboxylic acids is 1. The fourth-order valence-corrected chi connectivity index (χ4v) is 4.73. The highest BCUT2D eigenvalue weighted by molar-refractivity contribution is 7.90. The highest BCUT2D eigenvalue weighted by atomic mass is 32.2. The van der Waals surface area contributed by atoms with Crippen LogP contribution in [0.4, 0.5) is 0 Å². The van der Waals surface area contributed by atoms with Gasteiger partial charge in [0.15, 0.2) is 9.84 Å². The van der Waals surface area contributed by atoms with Crippen molar-refractivity contribution in [2.45, 2.75) is 55.1 Å². The van der Waals surface area contributed by atoms with Crippen molar-refractivity contribution >= 4 is 45.7 Å². The minimum Gasteiger partial charge on any atom is -0.481 e. The van der Waals surface area contributed by atoms with Gasteiger partial charge in [-0.05, 0) is 43.5 Å². The number of hydrogen-bond acceptors (Lipinski definition) is 8. The molecule has 0 radical (unpaired) electrons. The monoisotopic (exact) mass is 522 g/mol. The lowest BCUT2D eigenvalue weighted by molar-refractivity contribution is -0.176. The number of carbonyl (C=O) groups excluding carboxylic acids is 5. The van der Waals surface area contributed by atoms with Gasteiger partial charge in [0.25, 0.3) is 11.8 Å². The first kappa shape index (κ1) is 26.8. The Bertz CT molecular complexity index is 1180. The summed E-state index contributed by atoms with van der Waals surface area (Å²) >= 11 is 0. The average molecular weight is 523 g/mol. The molecular weight excluding hydrogens is 496 g/mol. The molecule has 0 aromatic heterocycles. The van der Waals surface area contributed by atoms with E-state index in [0.29, 0.717) is 6.42 Å². The van der Waals surface area contributed by atoms with Gasteiger partial charge < -0.3 is 20.5 Å². The third-order valence-electron chi connectivity index (χ3n) is 5.90. The molecule has 2 saturated heterocycles. The number of aliphatic carboxylic acids is 1. The molecule has 0 unspecified atom stereocenters. The van der Waals surface area contributed by atoms with Crippen LogP contribution in [0.1, 0.15) is 42.5 Å². The van der Waals surface area contributed by atoms with Crippen molar-refractivity contribution < 1.29 is 42.3 Å². The maximum Gasteiger partial charge on any atom is 0.305 e. The van der Waals surface area contributed by atoms with Gasteiger partial charge in [0.1, 0.15) is 18.4 Å². The van der Waals surface area contributed by atoms with E-state index in [2.05, 4.69) is 10.6 Å². The van der Waals surface area contributed by atoms with Crippen LogP contribution in [0.2, 0.25) is 0 Å². The van der Waals surface area contributed by atoms with Gasteiger partial charge in [-0.1, -0.05) is 0 Å². The van der Waals surface area contributed by atoms with Crippen LogP contribution in [-0.4, -0.2) is 90.4 Å². The van der Waals surface area contributed by atoms with E-state index in [0.717, 1.165) is 16.3 Å². The highest BCUT2D eigenvalue weighted by Gasteiger charge is 2.45. The lowest BCUT2D eigenvalue weighted by Gasteiger charge is -2.43. The van der Waals surface area contributed by atoms with Gasteiger partial charge in [-0.15, -0.1) is 0 Å². The molecule has 13 nitrogen and oxygen atoms in total. The van der Waals surface area contributed by atoms with Crippen LogP contribution in [-0.2, 0) is 33.8 Å². The maximum absolute atomic E-state index is 13.4. The number of hydrazine groups is 1. The number of amides is 4. The van der Waals surface area contributed by atoms with Gasteiger partial charge in [0, 0.05) is 24.8 Å². The smallest absolute Gasteiger partial charge is 0.305 e. The second kappa shape index (κ2) is 10.8. The third kappa shape index (κ3) is 6.05. The summed E-state index contributed by atoms with van der Waals surface area (Å²) in [4.78, 5) is 73.9. The molecule has 0 saturated carbocycles. The topological polar surface area (TPSA) is 187 Å². The molecule has 3 atom stereocenters. The molecule has 36 heavy (non-hydrogen) atoms. The Morgan fingerprint density at radius 2 is 1.83 bits per heavy atom. The summed E-state index contributed by atoms with van der Waals surface area (Å²) in [5.41, 5.74) is 0.0954. The normalized spacial score (nSPS) is 21.1. The van der Waals surface area contributed by atoms with Crippen LogP contribution in [0.25, 0.3) is 0 Å². The van der Waals surface area contributed by atoms with Crippen molar-refractivity contribution in [3.05, 3.63) is 29.8 Å². The minimum atomic E-state index is -3.47. The van der Waals surface area contributed by atoms with Crippen LogP contribution in [0.15, 0.2) is 29.2 Å². The van der Waals surface area contributed by atoms with Gasteiger partial charge in [0.2, 0.25) is 11.8 Å². The van der Waals surface area contributed by atoms with Crippen molar-refractivity contribution in [1.29, 1.82) is 0 Å². The Balaban J connectivity index is 1.80. The molecule has 3 rings (SSSR count). The van der Waals surface area contributed by atoms with E-state index in [4.69, 9.17) is 5.11 Å². The predicted molar refractivity (Wildman–Crippen MR) is 122 cm³/mol. The van der Waals surface area contributed by atoms with Crippen LogP contribution in [0.3, 0.4) is 0 Å². The molecule has 0 spiro atoms. The lowest BCUT2D eigenvalue weighted by Crippen LogP contribution is -2.64. The van der Waals surface area contributed by atoms with Crippen molar-refractivity contribution in [1.82, 2.24) is 20.7 Å². The zero-order chi connectivity index (χ0) is 26.6. The molecule has 14 heteroatoms. The molecule has 2 fully saturated rings. The van der Waals surface area contributed by atoms with Gasteiger partial charge in [-0.25, -0.2) is 13.4 Å². The number of benzene rings is 1. The Morgan fingerprint density at radius 3 is 2.42 bits per heavy atom. The molecule has 3 N–H and O–H groups in total. The van der Waals surface area contributed by atoms with Gasteiger partial charge >= 0.3 is 5.97 Å². The summed E-state index contributed by atoms with van der Waals surface area (Å²) in [6, 6.07) is 1.46. The molecule has 4 amide bonds. The fraction of sp³-hybridized carbons (Fsp3) is 0.455. The van der Waals surface area contributed by atoms with Crippen LogP contribution < -0.4 is 10.6 Å². The van der Waals surface area contributed by atoms with E-state index in [1.54, 1.807) is 0 Å². The molecule has 2 heterocycles. The Kier molecular flexibility index (Phi) is 8.07. The number of carboxylic acid groups (broad SMARTS) is 1. The Labute approximate surface area is 206 Å². The van der Waals surface area contributed by atoms with E-state index in [1.807, 2.05) is 0 Å². The van der Waals surface area contributed by atoms with Crippen molar-refractivity contribution in [2.75, 3.05) is 12.8 Å². The number of aldehydes is 1. The van der Waals surface area contributed by atoms with Crippen LogP contribution in [0.5, 0.6) is 0 Å².